The molecule has 10 heteroatoms. The topological polar surface area (TPSA) is 148 Å². The molecule has 0 aliphatic rings. The third kappa shape index (κ3) is 3.87. The van der Waals surface area contributed by atoms with Crippen molar-refractivity contribution in [1.82, 2.24) is 29.5 Å². The number of aromatic nitrogens is 6. The van der Waals surface area contributed by atoms with E-state index in [1.54, 1.807) is 18.7 Å². The van der Waals surface area contributed by atoms with Crippen LogP contribution in [0.1, 0.15) is 0 Å². The minimum absolute atomic E-state index is 0.0291. The average Bonchev–Trinajstić information content (AvgIpc) is 3.12. The monoisotopic (exact) mass is 293 g/mol. The number of aliphatic hydroxyl groups is 1. The molecule has 0 aliphatic carbocycles. The van der Waals surface area contributed by atoms with Gasteiger partial charge in [-0.15, -0.1) is 0 Å². The molecule has 0 aromatic carbocycles. The molecule has 3 aromatic heterocycles. The second-order valence-corrected chi connectivity index (χ2v) is 3.86. The van der Waals surface area contributed by atoms with Crippen LogP contribution in [0.3, 0.4) is 0 Å². The molecule has 3 rings (SSSR count). The summed E-state index contributed by atoms with van der Waals surface area (Å²) < 4.78 is 6.63. The van der Waals surface area contributed by atoms with Gasteiger partial charge in [0.25, 0.3) is 5.56 Å². The fourth-order valence-corrected chi connectivity index (χ4v) is 1.51. The minimum Gasteiger partial charge on any atom is -0.394 e. The number of H-pyrrole nitrogens is 2. The first-order valence-electron chi connectivity index (χ1n) is 6.04. The maximum atomic E-state index is 11.4. The summed E-state index contributed by atoms with van der Waals surface area (Å²) in [5.41, 5.74) is 5.60. The Kier molecular flexibility index (Phi) is 5.01. The Morgan fingerprint density at radius 3 is 2.95 bits per heavy atom. The summed E-state index contributed by atoms with van der Waals surface area (Å²) in [5, 5.41) is 8.56. The number of nitrogens with zero attached hydrogens (tertiary/aromatic N) is 4. The third-order valence-electron chi connectivity index (χ3n) is 2.37. The van der Waals surface area contributed by atoms with Crippen LogP contribution in [0.25, 0.3) is 11.2 Å². The van der Waals surface area contributed by atoms with Crippen molar-refractivity contribution < 1.29 is 9.84 Å². The van der Waals surface area contributed by atoms with E-state index in [9.17, 15) is 4.79 Å². The van der Waals surface area contributed by atoms with Gasteiger partial charge >= 0.3 is 0 Å². The highest BCUT2D eigenvalue weighted by atomic mass is 16.5. The Labute approximate surface area is 118 Å². The van der Waals surface area contributed by atoms with Crippen molar-refractivity contribution in [3.8, 4) is 0 Å². The van der Waals surface area contributed by atoms with E-state index in [1.165, 1.54) is 10.9 Å². The maximum Gasteiger partial charge on any atom is 0.280 e. The number of hydrogen-bond acceptors (Lipinski definition) is 7. The van der Waals surface area contributed by atoms with Crippen molar-refractivity contribution in [1.29, 1.82) is 0 Å². The summed E-state index contributed by atoms with van der Waals surface area (Å²) >= 11 is 0. The van der Waals surface area contributed by atoms with Gasteiger partial charge < -0.3 is 20.6 Å². The lowest BCUT2D eigenvalue weighted by molar-refractivity contribution is 0.0499. The summed E-state index contributed by atoms with van der Waals surface area (Å²) in [6, 6.07) is 0. The molecular weight excluding hydrogens is 278 g/mol. The van der Waals surface area contributed by atoms with Crippen molar-refractivity contribution in [2.45, 2.75) is 6.73 Å². The van der Waals surface area contributed by atoms with Crippen LogP contribution in [0.15, 0.2) is 29.8 Å². The van der Waals surface area contributed by atoms with E-state index in [4.69, 9.17) is 15.6 Å². The molecule has 5 N–H and O–H groups in total. The predicted octanol–water partition coefficient (Wildman–Crippen LogP) is -0.922. The van der Waals surface area contributed by atoms with Crippen molar-refractivity contribution >= 4 is 17.1 Å². The largest absolute Gasteiger partial charge is 0.394 e. The highest BCUT2D eigenvalue weighted by Crippen LogP contribution is 2.05. The smallest absolute Gasteiger partial charge is 0.280 e. The Balaban J connectivity index is 0.000000272. The van der Waals surface area contributed by atoms with Crippen LogP contribution >= 0.6 is 0 Å². The minimum atomic E-state index is -0.386. The van der Waals surface area contributed by atoms with Crippen LogP contribution in [-0.2, 0) is 11.5 Å². The van der Waals surface area contributed by atoms with E-state index in [1.807, 2.05) is 0 Å². The van der Waals surface area contributed by atoms with Crippen molar-refractivity contribution in [3.63, 3.8) is 0 Å². The number of rotatable bonds is 4. The molecule has 0 unspecified atom stereocenters. The van der Waals surface area contributed by atoms with Crippen LogP contribution in [0.4, 0.5) is 5.95 Å². The van der Waals surface area contributed by atoms with Crippen LogP contribution in [0.2, 0.25) is 0 Å². The molecule has 0 saturated heterocycles. The highest BCUT2D eigenvalue weighted by Gasteiger charge is 2.08. The molecule has 112 valence electrons. The molecule has 10 nitrogen and oxygen atoms in total. The molecule has 0 fully saturated rings. The van der Waals surface area contributed by atoms with Gasteiger partial charge in [-0.05, 0) is 0 Å². The lowest BCUT2D eigenvalue weighted by atomic mass is 10.5. The van der Waals surface area contributed by atoms with Crippen molar-refractivity contribution in [2.24, 2.45) is 0 Å². The van der Waals surface area contributed by atoms with Gasteiger partial charge in [0.2, 0.25) is 5.95 Å². The molecule has 3 heterocycles. The second-order valence-electron chi connectivity index (χ2n) is 3.86. The molecule has 0 amide bonds. The number of fused-ring (bicyclic) bond motifs is 1. The first-order chi connectivity index (χ1) is 10.2. The zero-order chi connectivity index (χ0) is 15.1. The third-order valence-corrected chi connectivity index (χ3v) is 2.37. The van der Waals surface area contributed by atoms with Crippen molar-refractivity contribution in [2.75, 3.05) is 18.9 Å². The van der Waals surface area contributed by atoms with Crippen molar-refractivity contribution in [3.05, 3.63) is 35.4 Å². The molecule has 0 spiro atoms. The fourth-order valence-electron chi connectivity index (χ4n) is 1.51. The number of imidazole rings is 2. The Morgan fingerprint density at radius 1 is 1.48 bits per heavy atom. The summed E-state index contributed by atoms with van der Waals surface area (Å²) in [6.07, 6.45) is 6.52. The van der Waals surface area contributed by atoms with E-state index in [2.05, 4.69) is 24.9 Å². The van der Waals surface area contributed by atoms with Gasteiger partial charge in [0.1, 0.15) is 6.73 Å². The van der Waals surface area contributed by atoms with E-state index >= 15 is 0 Å². The van der Waals surface area contributed by atoms with Gasteiger partial charge in [0.05, 0.1) is 25.9 Å². The first kappa shape index (κ1) is 14.7. The Morgan fingerprint density at radius 2 is 2.33 bits per heavy atom. The zero-order valence-corrected chi connectivity index (χ0v) is 11.1. The highest BCUT2D eigenvalue weighted by molar-refractivity contribution is 5.70. The maximum absolute atomic E-state index is 11.4. The fraction of sp³-hybridized carbons (Fsp3) is 0.273. The number of nitrogens with two attached hydrogens (primary N) is 1. The number of aliphatic hydroxyl groups excluding tert-OH is 1. The van der Waals surface area contributed by atoms with Gasteiger partial charge in [-0.3, -0.25) is 14.3 Å². The van der Waals surface area contributed by atoms with E-state index < -0.39 is 0 Å². The molecule has 0 bridgehead atoms. The van der Waals surface area contributed by atoms with Crippen LogP contribution in [0, 0.1) is 0 Å². The second kappa shape index (κ2) is 7.17. The number of aromatic amines is 2. The average molecular weight is 293 g/mol. The van der Waals surface area contributed by atoms with Gasteiger partial charge in [-0.25, -0.2) is 9.97 Å². The lowest BCUT2D eigenvalue weighted by Gasteiger charge is -2.03. The molecule has 3 aromatic rings. The Bertz CT molecular complexity index is 702. The number of nitrogens with one attached hydrogen (secondary N) is 2. The van der Waals surface area contributed by atoms with Gasteiger partial charge in [0.15, 0.2) is 11.2 Å². The standard InChI is InChI=1S/C8H11N5O3.C3H4N2/c9-8-11-6-5(7(15)12-8)10-3-13(6)4-16-2-1-14;1-2-5-3-4-1/h3,14H,1-2,4H2,(H3,9,11,12,15);1-3H,(H,4,5). The first-order valence-corrected chi connectivity index (χ1v) is 6.04. The lowest BCUT2D eigenvalue weighted by Crippen LogP contribution is -2.13. The number of ether oxygens (including phenoxy) is 1. The molecule has 0 radical (unpaired) electrons. The Hall–Kier alpha value is -2.72. The molecule has 21 heavy (non-hydrogen) atoms. The summed E-state index contributed by atoms with van der Waals surface area (Å²) in [6.45, 7) is 0.300. The van der Waals surface area contributed by atoms with Gasteiger partial charge in [-0.1, -0.05) is 0 Å². The number of nitrogen functional groups attached to an aromatic ring is 1. The zero-order valence-electron chi connectivity index (χ0n) is 11.1. The molecular formula is C11H15N7O3. The summed E-state index contributed by atoms with van der Waals surface area (Å²) in [5.74, 6) is 0.0291. The van der Waals surface area contributed by atoms with E-state index in [0.717, 1.165) is 0 Å². The SMILES string of the molecule is Nc1nc2c(ncn2COCCO)c(=O)[nH]1.c1c[nH]cn1. The van der Waals surface area contributed by atoms with Gasteiger partial charge in [0, 0.05) is 12.4 Å². The molecule has 0 aliphatic heterocycles. The normalized spacial score (nSPS) is 10.3. The number of anilines is 1. The predicted molar refractivity (Wildman–Crippen MR) is 74.2 cm³/mol. The van der Waals surface area contributed by atoms with Gasteiger partial charge in [-0.2, -0.15) is 4.98 Å². The molecule has 0 saturated carbocycles. The summed E-state index contributed by atoms with van der Waals surface area (Å²) in [7, 11) is 0. The molecule has 0 atom stereocenters. The van der Waals surface area contributed by atoms with Crippen LogP contribution in [0.5, 0.6) is 0 Å². The number of hydrogen-bond donors (Lipinski definition) is 4. The van der Waals surface area contributed by atoms with Crippen LogP contribution < -0.4 is 11.3 Å². The quantitative estimate of drug-likeness (QED) is 0.454. The van der Waals surface area contributed by atoms with Crippen LogP contribution in [-0.4, -0.2) is 47.8 Å². The summed E-state index contributed by atoms with van der Waals surface area (Å²) in [4.78, 5) is 28.0. The van der Waals surface area contributed by atoms with E-state index in [-0.39, 0.29) is 37.0 Å². The van der Waals surface area contributed by atoms with E-state index in [0.29, 0.717) is 5.65 Å².